The molecule has 0 heterocycles. The van der Waals surface area contributed by atoms with Crippen molar-refractivity contribution in [2.75, 3.05) is 7.05 Å². The molecule has 9 atom stereocenters. The van der Waals surface area contributed by atoms with Gasteiger partial charge in [-0.1, -0.05) is 0 Å². The molecule has 0 amide bonds. The van der Waals surface area contributed by atoms with Crippen LogP contribution in [0.15, 0.2) is 0 Å². The molecule has 0 radical (unpaired) electrons. The minimum atomic E-state index is 0.947. The van der Waals surface area contributed by atoms with Gasteiger partial charge in [-0.2, -0.15) is 0 Å². The Hall–Kier alpha value is -0.0400. The zero-order chi connectivity index (χ0) is 8.32. The molecule has 1 nitrogen and oxygen atoms in total. The van der Waals surface area contributed by atoms with Gasteiger partial charge in [0, 0.05) is 6.04 Å². The molecule has 1 unspecified atom stereocenters. The lowest BCUT2D eigenvalue weighted by molar-refractivity contribution is 0.132. The lowest BCUT2D eigenvalue weighted by atomic mass is 9.71. The number of nitrogens with one attached hydrogen (secondary N) is 1. The van der Waals surface area contributed by atoms with Crippen molar-refractivity contribution in [1.29, 1.82) is 0 Å². The normalized spacial score (nSPS) is 79.6. The highest BCUT2D eigenvalue weighted by molar-refractivity contribution is 5.29. The van der Waals surface area contributed by atoms with E-state index in [2.05, 4.69) is 12.4 Å². The first-order valence-electron chi connectivity index (χ1n) is 6.09. The Labute approximate surface area is 79.3 Å². The fraction of sp³-hybridized carbons (Fsp3) is 1.00. The standard InChI is InChI=1S/C12H17N/c1-13-12-10-6-2-4-5-3-7(8(4)10)11(12)9(5)6/h4-13H,2-3H2,1H3/t4-,5+,6-,7-,8+,9+,10-,11-,12?/m0/s1. The van der Waals surface area contributed by atoms with Gasteiger partial charge in [0.25, 0.3) is 0 Å². The predicted molar refractivity (Wildman–Crippen MR) is 50.0 cm³/mol. The molecule has 6 saturated carbocycles. The molecule has 13 heavy (non-hydrogen) atoms. The van der Waals surface area contributed by atoms with Crippen LogP contribution in [0.3, 0.4) is 0 Å². The van der Waals surface area contributed by atoms with Crippen LogP contribution < -0.4 is 5.32 Å². The van der Waals surface area contributed by atoms with Crippen LogP contribution in [-0.4, -0.2) is 13.1 Å². The van der Waals surface area contributed by atoms with Gasteiger partial charge >= 0.3 is 0 Å². The van der Waals surface area contributed by atoms with Gasteiger partial charge in [-0.25, -0.2) is 0 Å². The molecule has 0 aromatic rings. The molecular formula is C12H17N. The molecule has 0 aliphatic heterocycles. The molecule has 1 N–H and O–H groups in total. The summed E-state index contributed by atoms with van der Waals surface area (Å²) in [7, 11) is 2.20. The minimum Gasteiger partial charge on any atom is -0.316 e. The molecule has 6 bridgehead atoms. The van der Waals surface area contributed by atoms with Crippen LogP contribution in [0.4, 0.5) is 0 Å². The minimum absolute atomic E-state index is 0.947. The zero-order valence-corrected chi connectivity index (χ0v) is 8.11. The van der Waals surface area contributed by atoms with Gasteiger partial charge in [-0.05, 0) is 67.2 Å². The van der Waals surface area contributed by atoms with Crippen molar-refractivity contribution in [2.24, 2.45) is 47.3 Å². The van der Waals surface area contributed by atoms with Crippen LogP contribution in [-0.2, 0) is 0 Å². The van der Waals surface area contributed by atoms with E-state index in [1.54, 1.807) is 12.8 Å². The van der Waals surface area contributed by atoms with E-state index in [1.807, 2.05) is 0 Å². The van der Waals surface area contributed by atoms with Gasteiger partial charge in [0.05, 0.1) is 0 Å². The Morgan fingerprint density at radius 1 is 0.769 bits per heavy atom. The summed E-state index contributed by atoms with van der Waals surface area (Å²) in [6.07, 6.45) is 3.27. The average molecular weight is 175 g/mol. The molecule has 70 valence electrons. The maximum Gasteiger partial charge on any atom is 0.0132 e. The molecule has 0 spiro atoms. The van der Waals surface area contributed by atoms with Crippen molar-refractivity contribution in [3.8, 4) is 0 Å². The van der Waals surface area contributed by atoms with E-state index < -0.39 is 0 Å². The molecule has 6 rings (SSSR count). The maximum atomic E-state index is 3.64. The van der Waals surface area contributed by atoms with E-state index >= 15 is 0 Å². The van der Waals surface area contributed by atoms with Crippen LogP contribution >= 0.6 is 0 Å². The van der Waals surface area contributed by atoms with Gasteiger partial charge in [0.2, 0.25) is 0 Å². The number of hydrogen-bond acceptors (Lipinski definition) is 1. The first kappa shape index (κ1) is 6.44. The van der Waals surface area contributed by atoms with Crippen LogP contribution in [0.25, 0.3) is 0 Å². The lowest BCUT2D eigenvalue weighted by Gasteiger charge is -2.33. The van der Waals surface area contributed by atoms with Crippen molar-refractivity contribution >= 4 is 0 Å². The third kappa shape index (κ3) is 0.407. The van der Waals surface area contributed by atoms with E-state index in [0.29, 0.717) is 0 Å². The fourth-order valence-corrected chi connectivity index (χ4v) is 7.01. The highest BCUT2D eigenvalue weighted by Crippen LogP contribution is 2.82. The van der Waals surface area contributed by atoms with E-state index in [0.717, 1.165) is 17.9 Å². The zero-order valence-electron chi connectivity index (χ0n) is 8.11. The van der Waals surface area contributed by atoms with Crippen LogP contribution in [0.5, 0.6) is 0 Å². The van der Waals surface area contributed by atoms with Crippen molar-refractivity contribution in [1.82, 2.24) is 5.32 Å². The molecule has 0 saturated heterocycles. The monoisotopic (exact) mass is 175 g/mol. The molecular weight excluding hydrogens is 158 g/mol. The summed E-state index contributed by atoms with van der Waals surface area (Å²) < 4.78 is 0. The third-order valence-corrected chi connectivity index (χ3v) is 6.66. The van der Waals surface area contributed by atoms with Gasteiger partial charge in [-0.3, -0.25) is 0 Å². The Morgan fingerprint density at radius 3 is 1.77 bits per heavy atom. The van der Waals surface area contributed by atoms with Gasteiger partial charge in [0.1, 0.15) is 0 Å². The van der Waals surface area contributed by atoms with Crippen molar-refractivity contribution in [2.45, 2.75) is 18.9 Å². The number of rotatable bonds is 1. The average Bonchev–Trinajstić information content (AvgIpc) is 2.78. The molecule has 6 aliphatic rings. The first-order chi connectivity index (χ1) is 6.42. The van der Waals surface area contributed by atoms with Crippen molar-refractivity contribution < 1.29 is 0 Å². The maximum absolute atomic E-state index is 3.64. The Morgan fingerprint density at radius 2 is 1.31 bits per heavy atom. The molecule has 6 fully saturated rings. The van der Waals surface area contributed by atoms with E-state index in [4.69, 9.17) is 0 Å². The summed E-state index contributed by atoms with van der Waals surface area (Å²) in [5.41, 5.74) is 0. The molecule has 0 aromatic heterocycles. The Kier molecular flexibility index (Phi) is 0.793. The van der Waals surface area contributed by atoms with E-state index in [-0.39, 0.29) is 0 Å². The molecule has 1 heteroatoms. The fourth-order valence-electron chi connectivity index (χ4n) is 7.01. The van der Waals surface area contributed by atoms with Gasteiger partial charge < -0.3 is 5.32 Å². The Balaban J connectivity index is 1.79. The van der Waals surface area contributed by atoms with Crippen molar-refractivity contribution in [3.05, 3.63) is 0 Å². The largest absolute Gasteiger partial charge is 0.316 e. The smallest absolute Gasteiger partial charge is 0.0132 e. The Bertz CT molecular complexity index is 271. The second-order valence-corrected chi connectivity index (χ2v) is 6.25. The summed E-state index contributed by atoms with van der Waals surface area (Å²) >= 11 is 0. The van der Waals surface area contributed by atoms with Crippen LogP contribution in [0.1, 0.15) is 12.8 Å². The van der Waals surface area contributed by atoms with Crippen molar-refractivity contribution in [3.63, 3.8) is 0 Å². The quantitative estimate of drug-likeness (QED) is 0.634. The SMILES string of the molecule is CNC1[C@H]2[C@H]3C[C@@H]4[C@@H]5C[C@H]([C@H]1[C@@H]35)[C@@H]42. The highest BCUT2D eigenvalue weighted by Gasteiger charge is 2.79. The van der Waals surface area contributed by atoms with E-state index in [9.17, 15) is 0 Å². The van der Waals surface area contributed by atoms with E-state index in [1.165, 1.54) is 35.5 Å². The summed E-state index contributed by atoms with van der Waals surface area (Å²) in [6.45, 7) is 0. The summed E-state index contributed by atoms with van der Waals surface area (Å²) in [5.74, 6) is 9.44. The summed E-state index contributed by atoms with van der Waals surface area (Å²) in [6, 6.07) is 0.947. The van der Waals surface area contributed by atoms with Crippen LogP contribution in [0.2, 0.25) is 0 Å². The molecule has 0 aromatic carbocycles. The molecule has 6 aliphatic carbocycles. The number of hydrogen-bond donors (Lipinski definition) is 1. The van der Waals surface area contributed by atoms with Gasteiger partial charge in [-0.15, -0.1) is 0 Å². The summed E-state index contributed by atoms with van der Waals surface area (Å²) in [4.78, 5) is 0. The summed E-state index contributed by atoms with van der Waals surface area (Å²) in [5, 5.41) is 3.64. The van der Waals surface area contributed by atoms with Crippen LogP contribution in [0, 0.1) is 47.3 Å². The second-order valence-electron chi connectivity index (χ2n) is 6.25. The third-order valence-electron chi connectivity index (χ3n) is 6.66. The first-order valence-corrected chi connectivity index (χ1v) is 6.09. The topological polar surface area (TPSA) is 12.0 Å². The predicted octanol–water partition coefficient (Wildman–Crippen LogP) is 1.35. The lowest BCUT2D eigenvalue weighted by Crippen LogP contribution is -2.31. The highest BCUT2D eigenvalue weighted by atomic mass is 15.0. The van der Waals surface area contributed by atoms with Gasteiger partial charge in [0.15, 0.2) is 0 Å². The second kappa shape index (κ2) is 1.60.